The Kier molecular flexibility index (Phi) is 9.83. The van der Waals surface area contributed by atoms with E-state index in [0.717, 1.165) is 0 Å². The Labute approximate surface area is 172 Å². The fourth-order valence-corrected chi connectivity index (χ4v) is 4.15. The third kappa shape index (κ3) is 8.56. The van der Waals surface area contributed by atoms with Crippen LogP contribution in [0.25, 0.3) is 0 Å². The molecule has 0 aromatic heterocycles. The van der Waals surface area contributed by atoms with Crippen molar-refractivity contribution < 1.29 is 32.7 Å². The molecule has 0 fully saturated rings. The van der Waals surface area contributed by atoms with Gasteiger partial charge in [-0.3, -0.25) is 4.57 Å². The van der Waals surface area contributed by atoms with Crippen molar-refractivity contribution in [1.82, 2.24) is 5.32 Å². The van der Waals surface area contributed by atoms with Crippen molar-refractivity contribution in [3.05, 3.63) is 29.8 Å². The molecule has 9 heteroatoms. The summed E-state index contributed by atoms with van der Waals surface area (Å²) in [6.07, 6.45) is -0.592. The third-order valence-corrected chi connectivity index (χ3v) is 5.63. The Bertz CT molecular complexity index is 720. The van der Waals surface area contributed by atoms with Crippen LogP contribution in [0, 0.1) is 0 Å². The van der Waals surface area contributed by atoms with Gasteiger partial charge in [-0.15, -0.1) is 0 Å². The lowest BCUT2D eigenvalue weighted by Crippen LogP contribution is -2.45. The van der Waals surface area contributed by atoms with Gasteiger partial charge in [0.1, 0.15) is 11.6 Å². The van der Waals surface area contributed by atoms with Crippen LogP contribution in [0.15, 0.2) is 24.3 Å². The SMILES string of the molecule is CCOC(=O)[C@H](Cc1cccc(P(=O)(OCC)OCC)c1)NC(=O)OC(C)(C)C. The molecule has 0 aliphatic carbocycles. The first-order chi connectivity index (χ1) is 13.5. The van der Waals surface area contributed by atoms with Crippen molar-refractivity contribution in [2.24, 2.45) is 0 Å². The molecule has 1 amide bonds. The van der Waals surface area contributed by atoms with E-state index in [-0.39, 0.29) is 26.2 Å². The monoisotopic (exact) mass is 429 g/mol. The molecule has 0 bridgehead atoms. The second-order valence-corrected chi connectivity index (χ2v) is 9.19. The van der Waals surface area contributed by atoms with Crippen LogP contribution in [0.4, 0.5) is 4.79 Å². The van der Waals surface area contributed by atoms with Crippen LogP contribution in [-0.4, -0.2) is 43.5 Å². The Hall–Kier alpha value is -1.89. The molecule has 29 heavy (non-hydrogen) atoms. The number of hydrogen-bond donors (Lipinski definition) is 1. The van der Waals surface area contributed by atoms with Gasteiger partial charge in [-0.25, -0.2) is 9.59 Å². The van der Waals surface area contributed by atoms with Crippen LogP contribution >= 0.6 is 7.60 Å². The fraction of sp³-hybridized carbons (Fsp3) is 0.600. The van der Waals surface area contributed by atoms with Crippen molar-refractivity contribution in [2.45, 2.75) is 59.6 Å². The molecule has 1 aromatic carbocycles. The molecule has 1 N–H and O–H groups in total. The summed E-state index contributed by atoms with van der Waals surface area (Å²) in [6, 6.07) is 5.80. The van der Waals surface area contributed by atoms with Gasteiger partial charge < -0.3 is 23.8 Å². The lowest BCUT2D eigenvalue weighted by molar-refractivity contribution is -0.145. The van der Waals surface area contributed by atoms with Gasteiger partial charge in [-0.2, -0.15) is 0 Å². The summed E-state index contributed by atoms with van der Waals surface area (Å²) >= 11 is 0. The number of carbonyl (C=O) groups excluding carboxylic acids is 2. The topological polar surface area (TPSA) is 100 Å². The lowest BCUT2D eigenvalue weighted by Gasteiger charge is -2.23. The van der Waals surface area contributed by atoms with E-state index in [2.05, 4.69) is 5.32 Å². The van der Waals surface area contributed by atoms with Crippen molar-refractivity contribution in [1.29, 1.82) is 0 Å². The van der Waals surface area contributed by atoms with Gasteiger partial charge >= 0.3 is 19.7 Å². The largest absolute Gasteiger partial charge is 0.464 e. The van der Waals surface area contributed by atoms with Crippen molar-refractivity contribution in [2.75, 3.05) is 19.8 Å². The van der Waals surface area contributed by atoms with Crippen molar-refractivity contribution in [3.8, 4) is 0 Å². The average Bonchev–Trinajstić information content (AvgIpc) is 2.60. The number of nitrogens with one attached hydrogen (secondary N) is 1. The minimum Gasteiger partial charge on any atom is -0.464 e. The number of benzene rings is 1. The van der Waals surface area contributed by atoms with Crippen LogP contribution in [-0.2, 0) is 34.3 Å². The molecule has 0 aliphatic rings. The number of alkyl carbamates (subject to hydrolysis) is 1. The first kappa shape index (κ1) is 25.1. The van der Waals surface area contributed by atoms with E-state index < -0.39 is 31.3 Å². The zero-order valence-electron chi connectivity index (χ0n) is 18.0. The smallest absolute Gasteiger partial charge is 0.408 e. The van der Waals surface area contributed by atoms with E-state index in [1.807, 2.05) is 0 Å². The molecule has 0 unspecified atom stereocenters. The van der Waals surface area contributed by atoms with Gasteiger partial charge in [0, 0.05) is 6.42 Å². The second-order valence-electron chi connectivity index (χ2n) is 7.16. The Morgan fingerprint density at radius 1 is 1.07 bits per heavy atom. The molecule has 1 aromatic rings. The summed E-state index contributed by atoms with van der Waals surface area (Å²) in [6.45, 7) is 11.0. The van der Waals surface area contributed by atoms with Gasteiger partial charge in [0.05, 0.1) is 25.1 Å². The van der Waals surface area contributed by atoms with Crippen LogP contribution in [0.2, 0.25) is 0 Å². The molecule has 0 saturated heterocycles. The number of ether oxygens (including phenoxy) is 2. The molecule has 0 radical (unpaired) electrons. The molecule has 164 valence electrons. The van der Waals surface area contributed by atoms with Crippen LogP contribution in [0.1, 0.15) is 47.1 Å². The van der Waals surface area contributed by atoms with Gasteiger partial charge in [-0.1, -0.05) is 12.1 Å². The Morgan fingerprint density at radius 2 is 1.69 bits per heavy atom. The number of hydrogen-bond acceptors (Lipinski definition) is 7. The van der Waals surface area contributed by atoms with E-state index in [9.17, 15) is 14.2 Å². The van der Waals surface area contributed by atoms with Gasteiger partial charge in [0.2, 0.25) is 0 Å². The van der Waals surface area contributed by atoms with Crippen LogP contribution in [0.5, 0.6) is 0 Å². The number of rotatable bonds is 10. The summed E-state index contributed by atoms with van der Waals surface area (Å²) in [5.74, 6) is -0.582. The maximum absolute atomic E-state index is 13.0. The van der Waals surface area contributed by atoms with Crippen LogP contribution < -0.4 is 10.6 Å². The standard InChI is InChI=1S/C20H32NO7P/c1-7-25-18(22)17(21-19(23)28-20(4,5)6)14-15-11-10-12-16(13-15)29(24,26-8-2)27-9-3/h10-13,17H,7-9,14H2,1-6H3,(H,21,23)/t17-/m0/s1. The van der Waals surface area contributed by atoms with E-state index in [4.69, 9.17) is 18.5 Å². The normalized spacial score (nSPS) is 12.9. The van der Waals surface area contributed by atoms with Crippen molar-refractivity contribution in [3.63, 3.8) is 0 Å². The van der Waals surface area contributed by atoms with E-state index in [1.54, 1.807) is 65.8 Å². The first-order valence-electron chi connectivity index (χ1n) is 9.69. The molecular weight excluding hydrogens is 397 g/mol. The molecule has 1 atom stereocenters. The zero-order valence-corrected chi connectivity index (χ0v) is 18.9. The second kappa shape index (κ2) is 11.3. The zero-order chi connectivity index (χ0) is 22.1. The lowest BCUT2D eigenvalue weighted by atomic mass is 10.1. The molecule has 0 aliphatic heterocycles. The molecule has 1 rings (SSSR count). The number of amides is 1. The Morgan fingerprint density at radius 3 is 2.21 bits per heavy atom. The van der Waals surface area contributed by atoms with E-state index >= 15 is 0 Å². The molecule has 0 heterocycles. The number of esters is 1. The highest BCUT2D eigenvalue weighted by molar-refractivity contribution is 7.62. The predicted molar refractivity (Wildman–Crippen MR) is 110 cm³/mol. The fourth-order valence-electron chi connectivity index (χ4n) is 2.50. The minimum atomic E-state index is -3.46. The molecular formula is C20H32NO7P. The van der Waals surface area contributed by atoms with E-state index in [0.29, 0.717) is 10.9 Å². The van der Waals surface area contributed by atoms with Crippen molar-refractivity contribution >= 4 is 25.0 Å². The molecule has 0 saturated carbocycles. The minimum absolute atomic E-state index is 0.129. The maximum Gasteiger partial charge on any atom is 0.408 e. The Balaban J connectivity index is 3.08. The number of carbonyl (C=O) groups is 2. The molecule has 0 spiro atoms. The third-order valence-electron chi connectivity index (χ3n) is 3.53. The highest BCUT2D eigenvalue weighted by Crippen LogP contribution is 2.46. The van der Waals surface area contributed by atoms with Gasteiger partial charge in [-0.05, 0) is 59.2 Å². The van der Waals surface area contributed by atoms with Crippen LogP contribution in [0.3, 0.4) is 0 Å². The highest BCUT2D eigenvalue weighted by Gasteiger charge is 2.29. The van der Waals surface area contributed by atoms with E-state index in [1.165, 1.54) is 0 Å². The molecule has 8 nitrogen and oxygen atoms in total. The predicted octanol–water partition coefficient (Wildman–Crippen LogP) is 3.58. The van der Waals surface area contributed by atoms with Gasteiger partial charge in [0.15, 0.2) is 0 Å². The highest BCUT2D eigenvalue weighted by atomic mass is 31.2. The quantitative estimate of drug-likeness (QED) is 0.448. The first-order valence-corrected chi connectivity index (χ1v) is 11.2. The summed E-state index contributed by atoms with van der Waals surface area (Å²) in [5.41, 5.74) is -0.0403. The maximum atomic E-state index is 13.0. The summed E-state index contributed by atoms with van der Waals surface area (Å²) in [4.78, 5) is 24.5. The summed E-state index contributed by atoms with van der Waals surface area (Å²) in [5, 5.41) is 2.94. The summed E-state index contributed by atoms with van der Waals surface area (Å²) < 4.78 is 34.0. The average molecular weight is 429 g/mol. The summed E-state index contributed by atoms with van der Waals surface area (Å²) in [7, 11) is -3.46. The van der Waals surface area contributed by atoms with Gasteiger partial charge in [0.25, 0.3) is 0 Å².